The summed E-state index contributed by atoms with van der Waals surface area (Å²) >= 11 is 0. The molecule has 1 spiro atoms. The molecule has 3 aliphatic rings. The number of rotatable bonds is 9. The summed E-state index contributed by atoms with van der Waals surface area (Å²) in [5.41, 5.74) is 1.28. The highest BCUT2D eigenvalue weighted by atomic mass is 16.5. The molecule has 1 aliphatic carbocycles. The molecule has 4 rings (SSSR count). The van der Waals surface area contributed by atoms with E-state index in [1.807, 2.05) is 30.3 Å². The molecule has 2 heterocycles. The number of hydrogen-bond donors (Lipinski definition) is 3. The number of ether oxygens (including phenoxy) is 1. The Balaban J connectivity index is 1.33. The molecule has 2 saturated heterocycles. The van der Waals surface area contributed by atoms with Gasteiger partial charge in [0.25, 0.3) is 0 Å². The van der Waals surface area contributed by atoms with Crippen molar-refractivity contribution in [1.82, 2.24) is 16.0 Å². The van der Waals surface area contributed by atoms with Crippen LogP contribution in [-0.2, 0) is 25.7 Å². The SMILES string of the molecule is O=C(N[C@@H](C[C@@H]1CCNC1=O)C(=O)COCc1ccccc1)C1CC2(CC2)CN1. The minimum Gasteiger partial charge on any atom is -0.369 e. The van der Waals surface area contributed by atoms with Crippen molar-refractivity contribution in [3.8, 4) is 0 Å². The second-order valence-electron chi connectivity index (χ2n) is 8.66. The van der Waals surface area contributed by atoms with Crippen molar-refractivity contribution in [2.24, 2.45) is 11.3 Å². The van der Waals surface area contributed by atoms with Crippen molar-refractivity contribution in [2.45, 2.75) is 50.8 Å². The van der Waals surface area contributed by atoms with Gasteiger partial charge in [0.2, 0.25) is 11.8 Å². The van der Waals surface area contributed by atoms with Gasteiger partial charge in [-0.15, -0.1) is 0 Å². The van der Waals surface area contributed by atoms with E-state index in [9.17, 15) is 14.4 Å². The molecule has 7 heteroatoms. The molecular formula is C22H29N3O4. The Morgan fingerprint density at radius 1 is 1.24 bits per heavy atom. The quantitative estimate of drug-likeness (QED) is 0.574. The normalized spacial score (nSPS) is 25.6. The van der Waals surface area contributed by atoms with Crippen molar-refractivity contribution in [3.63, 3.8) is 0 Å². The third-order valence-electron chi connectivity index (χ3n) is 6.38. The van der Waals surface area contributed by atoms with Crippen LogP contribution in [0, 0.1) is 11.3 Å². The zero-order valence-electron chi connectivity index (χ0n) is 16.6. The Morgan fingerprint density at radius 2 is 2.03 bits per heavy atom. The van der Waals surface area contributed by atoms with Crippen LogP contribution in [0.1, 0.15) is 37.7 Å². The van der Waals surface area contributed by atoms with Crippen LogP contribution in [0.15, 0.2) is 30.3 Å². The molecular weight excluding hydrogens is 370 g/mol. The molecule has 156 valence electrons. The zero-order valence-corrected chi connectivity index (χ0v) is 16.6. The summed E-state index contributed by atoms with van der Waals surface area (Å²) < 4.78 is 5.59. The summed E-state index contributed by atoms with van der Waals surface area (Å²) in [5.74, 6) is -0.621. The van der Waals surface area contributed by atoms with E-state index in [0.29, 0.717) is 31.4 Å². The minimum atomic E-state index is -0.704. The van der Waals surface area contributed by atoms with Crippen LogP contribution < -0.4 is 16.0 Å². The van der Waals surface area contributed by atoms with Gasteiger partial charge < -0.3 is 20.7 Å². The summed E-state index contributed by atoms with van der Waals surface area (Å²) in [6.07, 6.45) is 4.18. The summed E-state index contributed by atoms with van der Waals surface area (Å²) in [4.78, 5) is 37.6. The second-order valence-corrected chi connectivity index (χ2v) is 8.66. The molecule has 7 nitrogen and oxygen atoms in total. The average molecular weight is 399 g/mol. The van der Waals surface area contributed by atoms with E-state index in [-0.39, 0.29) is 36.2 Å². The number of hydrogen-bond acceptors (Lipinski definition) is 5. The van der Waals surface area contributed by atoms with Crippen LogP contribution in [0.2, 0.25) is 0 Å². The van der Waals surface area contributed by atoms with Gasteiger partial charge in [-0.3, -0.25) is 14.4 Å². The summed E-state index contributed by atoms with van der Waals surface area (Å²) in [5, 5.41) is 9.00. The molecule has 1 aromatic rings. The van der Waals surface area contributed by atoms with Gasteiger partial charge in [-0.25, -0.2) is 0 Å². The van der Waals surface area contributed by atoms with E-state index >= 15 is 0 Å². The Kier molecular flexibility index (Phi) is 5.96. The number of ketones is 1. The lowest BCUT2D eigenvalue weighted by atomic mass is 9.95. The molecule has 3 fully saturated rings. The maximum absolute atomic E-state index is 12.8. The predicted octanol–water partition coefficient (Wildman–Crippen LogP) is 0.925. The van der Waals surface area contributed by atoms with Gasteiger partial charge in [0.15, 0.2) is 5.78 Å². The van der Waals surface area contributed by atoms with Gasteiger partial charge in [0, 0.05) is 19.0 Å². The van der Waals surface area contributed by atoms with Crippen LogP contribution in [0.5, 0.6) is 0 Å². The van der Waals surface area contributed by atoms with Crippen molar-refractivity contribution in [2.75, 3.05) is 19.7 Å². The van der Waals surface area contributed by atoms with Crippen LogP contribution in [0.4, 0.5) is 0 Å². The smallest absolute Gasteiger partial charge is 0.237 e. The van der Waals surface area contributed by atoms with E-state index in [1.165, 1.54) is 12.8 Å². The van der Waals surface area contributed by atoms with Crippen molar-refractivity contribution in [1.29, 1.82) is 0 Å². The number of Topliss-reactive ketones (excluding diaryl/α,β-unsaturated/α-hetero) is 1. The maximum Gasteiger partial charge on any atom is 0.237 e. The second kappa shape index (κ2) is 8.63. The van der Waals surface area contributed by atoms with Gasteiger partial charge in [-0.05, 0) is 43.1 Å². The standard InChI is InChI=1S/C22H29N3O4/c26-19(13-29-12-15-4-2-1-3-5-15)17(10-16-6-9-23-20(16)27)25-21(28)18-11-22(7-8-22)14-24-18/h1-5,16-18,24H,6-14H2,(H,23,27)(H,25,28)/t16-,17-,18?/m0/s1. The van der Waals surface area contributed by atoms with E-state index < -0.39 is 6.04 Å². The molecule has 3 N–H and O–H groups in total. The maximum atomic E-state index is 12.8. The lowest BCUT2D eigenvalue weighted by Gasteiger charge is -2.22. The van der Waals surface area contributed by atoms with E-state index in [4.69, 9.17) is 4.74 Å². The predicted molar refractivity (Wildman–Crippen MR) is 107 cm³/mol. The fourth-order valence-corrected chi connectivity index (χ4v) is 4.30. The van der Waals surface area contributed by atoms with E-state index in [2.05, 4.69) is 16.0 Å². The third-order valence-corrected chi connectivity index (χ3v) is 6.38. The van der Waals surface area contributed by atoms with E-state index in [1.54, 1.807) is 0 Å². The molecule has 2 aliphatic heterocycles. The van der Waals surface area contributed by atoms with Gasteiger partial charge in [0.1, 0.15) is 6.61 Å². The molecule has 29 heavy (non-hydrogen) atoms. The Labute approximate surface area is 171 Å². The van der Waals surface area contributed by atoms with Crippen LogP contribution in [0.25, 0.3) is 0 Å². The molecule has 2 amide bonds. The molecule has 0 bridgehead atoms. The van der Waals surface area contributed by atoms with Gasteiger partial charge >= 0.3 is 0 Å². The lowest BCUT2D eigenvalue weighted by Crippen LogP contribution is -2.50. The monoisotopic (exact) mass is 399 g/mol. The summed E-state index contributed by atoms with van der Waals surface area (Å²) in [6.45, 7) is 1.74. The number of carbonyl (C=O) groups is 3. The number of nitrogens with one attached hydrogen (secondary N) is 3. The van der Waals surface area contributed by atoms with Gasteiger partial charge in [-0.1, -0.05) is 30.3 Å². The summed E-state index contributed by atoms with van der Waals surface area (Å²) in [7, 11) is 0. The van der Waals surface area contributed by atoms with Crippen LogP contribution in [-0.4, -0.2) is 49.4 Å². The highest BCUT2D eigenvalue weighted by Gasteiger charge is 2.50. The number of carbonyl (C=O) groups excluding carboxylic acids is 3. The highest BCUT2D eigenvalue weighted by Crippen LogP contribution is 2.51. The van der Waals surface area contributed by atoms with Gasteiger partial charge in [-0.2, -0.15) is 0 Å². The van der Waals surface area contributed by atoms with E-state index in [0.717, 1.165) is 18.5 Å². The Bertz CT molecular complexity index is 763. The third kappa shape index (κ3) is 5.03. The highest BCUT2D eigenvalue weighted by molar-refractivity contribution is 5.92. The topological polar surface area (TPSA) is 96.5 Å². The molecule has 3 atom stereocenters. The average Bonchev–Trinajstić information content (AvgIpc) is 3.15. The first-order valence-corrected chi connectivity index (χ1v) is 10.5. The molecule has 1 unspecified atom stereocenters. The molecule has 0 aromatic heterocycles. The molecule has 0 radical (unpaired) electrons. The fraction of sp³-hybridized carbons (Fsp3) is 0.591. The van der Waals surface area contributed by atoms with Crippen LogP contribution >= 0.6 is 0 Å². The van der Waals surface area contributed by atoms with Crippen molar-refractivity contribution < 1.29 is 19.1 Å². The zero-order chi connectivity index (χ0) is 20.3. The van der Waals surface area contributed by atoms with Crippen molar-refractivity contribution in [3.05, 3.63) is 35.9 Å². The van der Waals surface area contributed by atoms with Gasteiger partial charge in [0.05, 0.1) is 18.7 Å². The molecule has 1 saturated carbocycles. The fourth-order valence-electron chi connectivity index (χ4n) is 4.30. The first kappa shape index (κ1) is 20.0. The van der Waals surface area contributed by atoms with Crippen molar-refractivity contribution >= 4 is 17.6 Å². The number of amides is 2. The largest absolute Gasteiger partial charge is 0.369 e. The first-order chi connectivity index (χ1) is 14.0. The number of benzene rings is 1. The lowest BCUT2D eigenvalue weighted by molar-refractivity contribution is -0.132. The molecule has 1 aromatic carbocycles. The first-order valence-electron chi connectivity index (χ1n) is 10.5. The summed E-state index contributed by atoms with van der Waals surface area (Å²) in [6, 6.07) is 8.68. The Hall–Kier alpha value is -2.25. The minimum absolute atomic E-state index is 0.0434. The van der Waals surface area contributed by atoms with Crippen LogP contribution in [0.3, 0.4) is 0 Å². The Morgan fingerprint density at radius 3 is 2.69 bits per heavy atom.